The topological polar surface area (TPSA) is 0 Å². The van der Waals surface area contributed by atoms with Crippen molar-refractivity contribution in [1.82, 2.24) is 0 Å². The molecule has 0 heterocycles. The van der Waals surface area contributed by atoms with E-state index in [9.17, 15) is 0 Å². The van der Waals surface area contributed by atoms with Crippen molar-refractivity contribution >= 4 is 0 Å². The summed E-state index contributed by atoms with van der Waals surface area (Å²) in [4.78, 5) is 0. The van der Waals surface area contributed by atoms with Gasteiger partial charge in [-0.2, -0.15) is 0 Å². The van der Waals surface area contributed by atoms with Crippen LogP contribution in [0.3, 0.4) is 0 Å². The van der Waals surface area contributed by atoms with Gasteiger partial charge in [0.25, 0.3) is 0 Å². The number of rotatable bonds is 0. The average molecular weight is 154 g/mol. The summed E-state index contributed by atoms with van der Waals surface area (Å²) in [6.07, 6.45) is 9.20. The van der Waals surface area contributed by atoms with Crippen LogP contribution in [0.2, 0.25) is 0 Å². The Morgan fingerprint density at radius 3 is 1.73 bits per heavy atom. The maximum atomic E-state index is 2.44. The molecule has 0 amide bonds. The van der Waals surface area contributed by atoms with Gasteiger partial charge >= 0.3 is 0 Å². The van der Waals surface area contributed by atoms with Crippen molar-refractivity contribution < 1.29 is 0 Å². The normalized spacial score (nSPS) is 32.5. The second kappa shape index (κ2) is 3.60. The van der Waals surface area contributed by atoms with Crippen molar-refractivity contribution in [1.29, 1.82) is 0 Å². The van der Waals surface area contributed by atoms with Gasteiger partial charge in [0.15, 0.2) is 0 Å². The first-order valence-corrected chi connectivity index (χ1v) is 5.33. The summed E-state index contributed by atoms with van der Waals surface area (Å²) in [5.41, 5.74) is 0.875. The Hall–Kier alpha value is 0. The van der Waals surface area contributed by atoms with E-state index in [1.807, 2.05) is 13.8 Å². The number of hydrogen-bond donors (Lipinski definition) is 0. The Balaban J connectivity index is 0.000000281. The lowest BCUT2D eigenvalue weighted by Gasteiger charge is -2.45. The van der Waals surface area contributed by atoms with Gasteiger partial charge in [-0.15, -0.1) is 0 Å². The molecule has 2 aliphatic carbocycles. The fourth-order valence-corrected chi connectivity index (χ4v) is 2.66. The van der Waals surface area contributed by atoms with Gasteiger partial charge in [0, 0.05) is 0 Å². The van der Waals surface area contributed by atoms with Crippen LogP contribution in [-0.2, 0) is 0 Å². The summed E-state index contributed by atoms with van der Waals surface area (Å²) in [7, 11) is 0. The minimum Gasteiger partial charge on any atom is -0.0683 e. The van der Waals surface area contributed by atoms with E-state index in [1.54, 1.807) is 19.3 Å². The summed E-state index contributed by atoms with van der Waals surface area (Å²) in [5.74, 6) is 1.07. The highest BCUT2D eigenvalue weighted by Gasteiger charge is 2.45. The van der Waals surface area contributed by atoms with Crippen LogP contribution >= 0.6 is 0 Å². The molecule has 2 aliphatic rings. The molecule has 66 valence electrons. The molecule has 0 nitrogen and oxygen atoms in total. The molecule has 0 N–H and O–H groups in total. The molecule has 0 aromatic carbocycles. The Morgan fingerprint density at radius 1 is 1.00 bits per heavy atom. The summed E-state index contributed by atoms with van der Waals surface area (Å²) < 4.78 is 0. The second-order valence-corrected chi connectivity index (χ2v) is 4.01. The highest BCUT2D eigenvalue weighted by atomic mass is 14.5. The molecule has 0 saturated heterocycles. The van der Waals surface area contributed by atoms with Crippen molar-refractivity contribution in [3.8, 4) is 0 Å². The van der Waals surface area contributed by atoms with Gasteiger partial charge in [-0.1, -0.05) is 33.6 Å². The van der Waals surface area contributed by atoms with E-state index in [-0.39, 0.29) is 0 Å². The Kier molecular flexibility index (Phi) is 2.98. The van der Waals surface area contributed by atoms with Gasteiger partial charge in [-0.3, -0.25) is 0 Å². The van der Waals surface area contributed by atoms with Crippen molar-refractivity contribution in [2.75, 3.05) is 0 Å². The van der Waals surface area contributed by atoms with Crippen molar-refractivity contribution in [2.45, 2.75) is 59.3 Å². The second-order valence-electron chi connectivity index (χ2n) is 4.01. The minimum atomic E-state index is 0.875. The van der Waals surface area contributed by atoms with Crippen LogP contribution in [0, 0.1) is 11.3 Å². The first-order valence-electron chi connectivity index (χ1n) is 5.33. The van der Waals surface area contributed by atoms with Crippen LogP contribution < -0.4 is 0 Å². The summed E-state index contributed by atoms with van der Waals surface area (Å²) in [6.45, 7) is 6.44. The van der Waals surface area contributed by atoms with Crippen LogP contribution in [0.5, 0.6) is 0 Å². The fraction of sp³-hybridized carbons (Fsp3) is 1.00. The van der Waals surface area contributed by atoms with E-state index in [1.165, 1.54) is 19.3 Å². The zero-order chi connectivity index (χ0) is 8.32. The molecule has 1 spiro atoms. The summed E-state index contributed by atoms with van der Waals surface area (Å²) in [6, 6.07) is 0. The van der Waals surface area contributed by atoms with E-state index in [0.717, 1.165) is 11.3 Å². The first kappa shape index (κ1) is 9.09. The van der Waals surface area contributed by atoms with Crippen LogP contribution in [0.15, 0.2) is 0 Å². The minimum absolute atomic E-state index is 0.875. The van der Waals surface area contributed by atoms with Crippen LogP contribution in [-0.4, -0.2) is 0 Å². The van der Waals surface area contributed by atoms with Gasteiger partial charge in [0.2, 0.25) is 0 Å². The Morgan fingerprint density at radius 2 is 1.55 bits per heavy atom. The predicted molar refractivity (Wildman–Crippen MR) is 50.6 cm³/mol. The van der Waals surface area contributed by atoms with E-state index >= 15 is 0 Å². The van der Waals surface area contributed by atoms with E-state index in [0.29, 0.717) is 0 Å². The molecule has 0 radical (unpaired) electrons. The molecule has 2 saturated carbocycles. The third-order valence-corrected chi connectivity index (χ3v) is 3.72. The monoisotopic (exact) mass is 154 g/mol. The average Bonchev–Trinajstić information content (AvgIpc) is 2.56. The third-order valence-electron chi connectivity index (χ3n) is 3.72. The number of hydrogen-bond acceptors (Lipinski definition) is 0. The van der Waals surface area contributed by atoms with Gasteiger partial charge in [-0.05, 0) is 37.0 Å². The largest absolute Gasteiger partial charge is 0.0683 e. The molecule has 0 aromatic heterocycles. The van der Waals surface area contributed by atoms with Crippen molar-refractivity contribution in [3.63, 3.8) is 0 Å². The van der Waals surface area contributed by atoms with Crippen molar-refractivity contribution in [2.24, 2.45) is 11.3 Å². The SMILES string of the molecule is CC.CC1CCC12CCCC2. The standard InChI is InChI=1S/C9H16.C2H6/c1-8-4-7-9(8)5-2-3-6-9;1-2/h8H,2-7H2,1H3;1-2H3. The van der Waals surface area contributed by atoms with Gasteiger partial charge in [0.1, 0.15) is 0 Å². The van der Waals surface area contributed by atoms with Gasteiger partial charge < -0.3 is 0 Å². The maximum absolute atomic E-state index is 2.44. The lowest BCUT2D eigenvalue weighted by atomic mass is 9.60. The molecule has 1 atom stereocenters. The lowest BCUT2D eigenvalue weighted by Crippen LogP contribution is -2.35. The Labute approximate surface area is 71.4 Å². The molecular weight excluding hydrogens is 132 g/mol. The molecule has 1 unspecified atom stereocenters. The predicted octanol–water partition coefficient (Wildman–Crippen LogP) is 4.00. The van der Waals surface area contributed by atoms with Crippen molar-refractivity contribution in [3.05, 3.63) is 0 Å². The molecule has 0 aromatic rings. The van der Waals surface area contributed by atoms with Gasteiger partial charge in [0.05, 0.1) is 0 Å². The zero-order valence-corrected chi connectivity index (χ0v) is 8.32. The zero-order valence-electron chi connectivity index (χ0n) is 8.32. The Bertz CT molecular complexity index is 109. The van der Waals surface area contributed by atoms with Crippen LogP contribution in [0.4, 0.5) is 0 Å². The fourth-order valence-electron chi connectivity index (χ4n) is 2.66. The highest BCUT2D eigenvalue weighted by molar-refractivity contribution is 4.96. The van der Waals surface area contributed by atoms with Crippen LogP contribution in [0.25, 0.3) is 0 Å². The van der Waals surface area contributed by atoms with Gasteiger partial charge in [-0.25, -0.2) is 0 Å². The maximum Gasteiger partial charge on any atom is -0.0272 e. The molecule has 11 heavy (non-hydrogen) atoms. The van der Waals surface area contributed by atoms with Crippen LogP contribution in [0.1, 0.15) is 59.3 Å². The summed E-state index contributed by atoms with van der Waals surface area (Å²) >= 11 is 0. The van der Waals surface area contributed by atoms with E-state index in [2.05, 4.69) is 6.92 Å². The quantitative estimate of drug-likeness (QED) is 0.494. The molecule has 2 fully saturated rings. The van der Waals surface area contributed by atoms with E-state index < -0.39 is 0 Å². The van der Waals surface area contributed by atoms with E-state index in [4.69, 9.17) is 0 Å². The molecule has 0 heteroatoms. The summed E-state index contributed by atoms with van der Waals surface area (Å²) in [5, 5.41) is 0. The molecular formula is C11H22. The molecule has 0 aliphatic heterocycles. The molecule has 0 bridgehead atoms. The third kappa shape index (κ3) is 1.45. The first-order chi connectivity index (χ1) is 5.33. The lowest BCUT2D eigenvalue weighted by molar-refractivity contribution is 0.0521. The smallest absolute Gasteiger partial charge is 0.0272 e. The highest BCUT2D eigenvalue weighted by Crippen LogP contribution is 2.56. The molecule has 2 rings (SSSR count).